The van der Waals surface area contributed by atoms with Crippen molar-refractivity contribution >= 4 is 5.69 Å². The molecule has 0 aromatic heterocycles. The summed E-state index contributed by atoms with van der Waals surface area (Å²) in [5.41, 5.74) is 6.79. The number of rotatable bonds is 2. The number of benzene rings is 1. The molecule has 17 heavy (non-hydrogen) atoms. The Hall–Kier alpha value is -1.17. The summed E-state index contributed by atoms with van der Waals surface area (Å²) < 4.78 is 13.9. The van der Waals surface area contributed by atoms with E-state index in [4.69, 9.17) is 5.73 Å². The summed E-state index contributed by atoms with van der Waals surface area (Å²) in [4.78, 5) is 1.63. The lowest BCUT2D eigenvalue weighted by molar-refractivity contribution is 0.0572. The van der Waals surface area contributed by atoms with Gasteiger partial charge in [0, 0.05) is 19.1 Å². The van der Waals surface area contributed by atoms with Crippen LogP contribution in [0.15, 0.2) is 18.2 Å². The number of halogens is 1. The number of aliphatic hydroxyl groups is 2. The van der Waals surface area contributed by atoms with Crippen molar-refractivity contribution in [3.63, 3.8) is 0 Å². The molecule has 1 fully saturated rings. The topological polar surface area (TPSA) is 69.7 Å². The molecule has 0 spiro atoms. The third-order valence-electron chi connectivity index (χ3n) is 3.10. The van der Waals surface area contributed by atoms with E-state index in [1.807, 2.05) is 0 Å². The Morgan fingerprint density at radius 1 is 1.35 bits per heavy atom. The third kappa shape index (κ3) is 2.41. The summed E-state index contributed by atoms with van der Waals surface area (Å²) in [5.74, 6) is -0.374. The fraction of sp³-hybridized carbons (Fsp3) is 0.500. The van der Waals surface area contributed by atoms with Crippen LogP contribution in [-0.4, -0.2) is 35.5 Å². The summed E-state index contributed by atoms with van der Waals surface area (Å²) in [5, 5.41) is 18.9. The average molecular weight is 240 g/mol. The van der Waals surface area contributed by atoms with Crippen molar-refractivity contribution in [3.8, 4) is 0 Å². The zero-order chi connectivity index (χ0) is 12.6. The van der Waals surface area contributed by atoms with Crippen LogP contribution in [0.25, 0.3) is 0 Å². The molecule has 94 valence electrons. The summed E-state index contributed by atoms with van der Waals surface area (Å²) in [7, 11) is 0. The summed E-state index contributed by atoms with van der Waals surface area (Å²) in [6.07, 6.45) is -1.63. The highest BCUT2D eigenvalue weighted by molar-refractivity contribution is 5.51. The number of nitrogens with zero attached hydrogens (tertiary/aromatic N) is 1. The third-order valence-corrected chi connectivity index (χ3v) is 3.10. The van der Waals surface area contributed by atoms with E-state index in [1.165, 1.54) is 6.07 Å². The molecule has 3 atom stereocenters. The lowest BCUT2D eigenvalue weighted by atomic mass is 10.1. The molecule has 5 heteroatoms. The first-order chi connectivity index (χ1) is 7.99. The van der Waals surface area contributed by atoms with Crippen LogP contribution in [0, 0.1) is 5.82 Å². The van der Waals surface area contributed by atoms with Crippen molar-refractivity contribution in [2.24, 2.45) is 5.73 Å². The number of aliphatic hydroxyl groups excluding tert-OH is 2. The molecular formula is C12H17FN2O2. The molecule has 1 aliphatic heterocycles. The summed E-state index contributed by atoms with van der Waals surface area (Å²) in [6.45, 7) is 2.28. The minimum atomic E-state index is -0.817. The highest BCUT2D eigenvalue weighted by Gasteiger charge is 2.30. The van der Waals surface area contributed by atoms with Gasteiger partial charge in [0.25, 0.3) is 0 Å². The first kappa shape index (κ1) is 12.3. The second-order valence-electron chi connectivity index (χ2n) is 4.54. The van der Waals surface area contributed by atoms with Gasteiger partial charge in [-0.25, -0.2) is 4.39 Å². The smallest absolute Gasteiger partial charge is 0.146 e. The minimum absolute atomic E-state index is 0.215. The van der Waals surface area contributed by atoms with E-state index in [0.717, 1.165) is 5.56 Å². The van der Waals surface area contributed by atoms with Gasteiger partial charge in [0.05, 0.1) is 17.9 Å². The molecule has 2 rings (SSSR count). The molecule has 0 saturated carbocycles. The Balaban J connectivity index is 2.23. The standard InChI is InChI=1S/C12H17FN2O2/c1-7(14)8-2-3-10(9(13)4-8)15-5-11(16)12(17)6-15/h2-4,7,11-12,16-17H,5-6,14H2,1H3/t7-,11?,12?/m0/s1. The van der Waals surface area contributed by atoms with Crippen LogP contribution in [0.3, 0.4) is 0 Å². The number of hydrogen-bond acceptors (Lipinski definition) is 4. The first-order valence-corrected chi connectivity index (χ1v) is 5.65. The highest BCUT2D eigenvalue weighted by Crippen LogP contribution is 2.26. The monoisotopic (exact) mass is 240 g/mol. The van der Waals surface area contributed by atoms with Gasteiger partial charge in [0.2, 0.25) is 0 Å². The Kier molecular flexibility index (Phi) is 3.33. The maximum absolute atomic E-state index is 13.9. The van der Waals surface area contributed by atoms with Crippen LogP contribution >= 0.6 is 0 Å². The Bertz CT molecular complexity index is 401. The van der Waals surface area contributed by atoms with Gasteiger partial charge in [-0.15, -0.1) is 0 Å². The van der Waals surface area contributed by atoms with E-state index in [1.54, 1.807) is 24.0 Å². The zero-order valence-electron chi connectivity index (χ0n) is 9.68. The number of β-amino-alcohol motifs (C(OH)–C–C–N with tert-alkyl or cyclic N) is 2. The van der Waals surface area contributed by atoms with Crippen LogP contribution in [0.4, 0.5) is 10.1 Å². The van der Waals surface area contributed by atoms with Gasteiger partial charge in [-0.1, -0.05) is 6.07 Å². The maximum atomic E-state index is 13.9. The molecular weight excluding hydrogens is 223 g/mol. The molecule has 0 radical (unpaired) electrons. The number of anilines is 1. The fourth-order valence-corrected chi connectivity index (χ4v) is 2.03. The number of nitrogens with two attached hydrogens (primary N) is 1. The minimum Gasteiger partial charge on any atom is -0.389 e. The predicted molar refractivity (Wildman–Crippen MR) is 63.2 cm³/mol. The van der Waals surface area contributed by atoms with Gasteiger partial charge in [0.1, 0.15) is 5.82 Å². The van der Waals surface area contributed by atoms with Crippen molar-refractivity contribution in [2.75, 3.05) is 18.0 Å². The number of hydrogen-bond donors (Lipinski definition) is 3. The van der Waals surface area contributed by atoms with Gasteiger partial charge in [-0.3, -0.25) is 0 Å². The molecule has 0 bridgehead atoms. The Morgan fingerprint density at radius 3 is 2.41 bits per heavy atom. The molecule has 0 aliphatic carbocycles. The molecule has 2 unspecified atom stereocenters. The van der Waals surface area contributed by atoms with Crippen LogP contribution in [0.1, 0.15) is 18.5 Å². The normalized spacial score (nSPS) is 26.3. The van der Waals surface area contributed by atoms with E-state index < -0.39 is 12.2 Å². The van der Waals surface area contributed by atoms with Crippen molar-refractivity contribution in [1.82, 2.24) is 0 Å². The average Bonchev–Trinajstić information content (AvgIpc) is 2.58. The van der Waals surface area contributed by atoms with Crippen LogP contribution in [0.2, 0.25) is 0 Å². The second-order valence-corrected chi connectivity index (χ2v) is 4.54. The Labute approximate surface area is 99.5 Å². The fourth-order valence-electron chi connectivity index (χ4n) is 2.03. The zero-order valence-corrected chi connectivity index (χ0v) is 9.68. The molecule has 1 aliphatic rings. The highest BCUT2D eigenvalue weighted by atomic mass is 19.1. The molecule has 1 aromatic rings. The molecule has 1 aromatic carbocycles. The van der Waals surface area contributed by atoms with Crippen LogP contribution in [-0.2, 0) is 0 Å². The second kappa shape index (κ2) is 4.60. The van der Waals surface area contributed by atoms with Gasteiger partial charge < -0.3 is 20.8 Å². The molecule has 4 nitrogen and oxygen atoms in total. The van der Waals surface area contributed by atoms with Crippen molar-refractivity contribution in [1.29, 1.82) is 0 Å². The van der Waals surface area contributed by atoms with Crippen molar-refractivity contribution in [2.45, 2.75) is 25.2 Å². The summed E-state index contributed by atoms with van der Waals surface area (Å²) in [6, 6.07) is 4.59. The molecule has 4 N–H and O–H groups in total. The molecule has 1 saturated heterocycles. The van der Waals surface area contributed by atoms with Gasteiger partial charge in [0.15, 0.2) is 0 Å². The van der Waals surface area contributed by atoms with Crippen LogP contribution < -0.4 is 10.6 Å². The summed E-state index contributed by atoms with van der Waals surface area (Å²) >= 11 is 0. The van der Waals surface area contributed by atoms with E-state index >= 15 is 0 Å². The van der Waals surface area contributed by atoms with E-state index in [-0.39, 0.29) is 24.9 Å². The van der Waals surface area contributed by atoms with Crippen molar-refractivity contribution in [3.05, 3.63) is 29.6 Å². The van der Waals surface area contributed by atoms with Gasteiger partial charge >= 0.3 is 0 Å². The van der Waals surface area contributed by atoms with E-state index in [9.17, 15) is 14.6 Å². The predicted octanol–water partition coefficient (Wildman–Crippen LogP) is 0.387. The van der Waals surface area contributed by atoms with Gasteiger partial charge in [-0.2, -0.15) is 0 Å². The lowest BCUT2D eigenvalue weighted by Gasteiger charge is -2.19. The lowest BCUT2D eigenvalue weighted by Crippen LogP contribution is -2.22. The van der Waals surface area contributed by atoms with Crippen LogP contribution in [0.5, 0.6) is 0 Å². The quantitative estimate of drug-likeness (QED) is 0.699. The van der Waals surface area contributed by atoms with E-state index in [0.29, 0.717) is 5.69 Å². The SMILES string of the molecule is C[C@H](N)c1ccc(N2CC(O)C(O)C2)c(F)c1. The first-order valence-electron chi connectivity index (χ1n) is 5.65. The Morgan fingerprint density at radius 2 is 1.94 bits per heavy atom. The van der Waals surface area contributed by atoms with E-state index in [2.05, 4.69) is 0 Å². The molecule has 1 heterocycles. The molecule has 0 amide bonds. The maximum Gasteiger partial charge on any atom is 0.146 e. The van der Waals surface area contributed by atoms with Crippen molar-refractivity contribution < 1.29 is 14.6 Å². The largest absolute Gasteiger partial charge is 0.389 e. The van der Waals surface area contributed by atoms with Gasteiger partial charge in [-0.05, 0) is 24.6 Å².